The van der Waals surface area contributed by atoms with Gasteiger partial charge in [-0.05, 0) is 49.9 Å². The fraction of sp³-hybridized carbons (Fsp3) is 0.500. The molecule has 1 aliphatic carbocycles. The number of H-pyrrole nitrogens is 1. The zero-order valence-electron chi connectivity index (χ0n) is 11.6. The number of carbonyl (C=O) groups excluding carboxylic acids is 1. The molecule has 112 valence electrons. The number of carbonyl (C=O) groups is 1. The second-order valence-corrected chi connectivity index (χ2v) is 6.86. The Labute approximate surface area is 130 Å². The number of thiophene rings is 1. The van der Waals surface area contributed by atoms with Crippen molar-refractivity contribution in [3.63, 3.8) is 0 Å². The van der Waals surface area contributed by atoms with Gasteiger partial charge in [0, 0.05) is 17.8 Å². The number of primary amides is 1. The van der Waals surface area contributed by atoms with Crippen molar-refractivity contribution in [1.82, 2.24) is 9.55 Å². The lowest BCUT2D eigenvalue weighted by Crippen LogP contribution is -2.22. The van der Waals surface area contributed by atoms with Gasteiger partial charge in [-0.3, -0.25) is 14.2 Å². The minimum absolute atomic E-state index is 0.00669. The van der Waals surface area contributed by atoms with Crippen LogP contribution in [0.2, 0.25) is 0 Å². The minimum Gasteiger partial charge on any atom is -0.370 e. The molecule has 0 fully saturated rings. The molecule has 3 N–H and O–H groups in total. The van der Waals surface area contributed by atoms with Gasteiger partial charge in [0.25, 0.3) is 5.56 Å². The normalized spacial score (nSPS) is 13.7. The molecule has 7 heteroatoms. The molecular formula is C14H17N3O2S2. The topological polar surface area (TPSA) is 80.9 Å². The van der Waals surface area contributed by atoms with Gasteiger partial charge in [0.05, 0.1) is 5.39 Å². The summed E-state index contributed by atoms with van der Waals surface area (Å²) < 4.78 is 2.08. The van der Waals surface area contributed by atoms with Crippen LogP contribution >= 0.6 is 23.6 Å². The van der Waals surface area contributed by atoms with Crippen molar-refractivity contribution < 1.29 is 4.79 Å². The summed E-state index contributed by atoms with van der Waals surface area (Å²) >= 11 is 6.96. The third kappa shape index (κ3) is 2.67. The molecule has 2 aromatic heterocycles. The molecular weight excluding hydrogens is 306 g/mol. The second-order valence-electron chi connectivity index (χ2n) is 5.37. The molecule has 0 unspecified atom stereocenters. The Morgan fingerprint density at radius 3 is 2.95 bits per heavy atom. The SMILES string of the molecule is NC(=O)CCCCn1c(=S)[nH]c2sc3c(c2c1=O)CCC3. The number of fused-ring (bicyclic) bond motifs is 3. The standard InChI is InChI=1S/C14H17N3O2S2/c15-10(18)6-1-2-7-17-13(19)11-8-4-3-5-9(8)21-12(11)16-14(17)20/h1-7H2,(H2,15,18)(H,16,20). The van der Waals surface area contributed by atoms with E-state index in [4.69, 9.17) is 18.0 Å². The summed E-state index contributed by atoms with van der Waals surface area (Å²) in [6.45, 7) is 0.530. The van der Waals surface area contributed by atoms with Crippen molar-refractivity contribution in [3.05, 3.63) is 25.6 Å². The predicted octanol–water partition coefficient (Wildman–Crippen LogP) is 2.26. The van der Waals surface area contributed by atoms with Gasteiger partial charge < -0.3 is 10.7 Å². The molecule has 0 spiro atoms. The van der Waals surface area contributed by atoms with Crippen LogP contribution in [0, 0.1) is 4.77 Å². The molecule has 0 radical (unpaired) electrons. The lowest BCUT2D eigenvalue weighted by molar-refractivity contribution is -0.118. The van der Waals surface area contributed by atoms with Crippen LogP contribution in [0.1, 0.15) is 36.1 Å². The quantitative estimate of drug-likeness (QED) is 0.654. The molecule has 0 aromatic carbocycles. The summed E-state index contributed by atoms with van der Waals surface area (Å²) in [5.41, 5.74) is 6.33. The highest BCUT2D eigenvalue weighted by atomic mass is 32.1. The van der Waals surface area contributed by atoms with E-state index in [-0.39, 0.29) is 11.5 Å². The van der Waals surface area contributed by atoms with E-state index in [9.17, 15) is 9.59 Å². The molecule has 5 nitrogen and oxygen atoms in total. The van der Waals surface area contributed by atoms with Crippen LogP contribution in [0.5, 0.6) is 0 Å². The number of nitrogens with two attached hydrogens (primary N) is 1. The molecule has 0 saturated heterocycles. The maximum Gasteiger partial charge on any atom is 0.263 e. The van der Waals surface area contributed by atoms with Gasteiger partial charge in [-0.15, -0.1) is 11.3 Å². The lowest BCUT2D eigenvalue weighted by atomic mass is 10.2. The number of amides is 1. The number of aryl methyl sites for hydroxylation is 2. The first-order chi connectivity index (χ1) is 10.1. The summed E-state index contributed by atoms with van der Waals surface area (Å²) in [6.07, 6.45) is 4.92. The van der Waals surface area contributed by atoms with Gasteiger partial charge in [-0.1, -0.05) is 0 Å². The Kier molecular flexibility index (Phi) is 3.95. The summed E-state index contributed by atoms with van der Waals surface area (Å²) in [4.78, 5) is 28.8. The highest BCUT2D eigenvalue weighted by Gasteiger charge is 2.21. The number of nitrogens with zero attached hydrogens (tertiary/aromatic N) is 1. The van der Waals surface area contributed by atoms with E-state index in [0.29, 0.717) is 24.2 Å². The van der Waals surface area contributed by atoms with Crippen molar-refractivity contribution in [3.8, 4) is 0 Å². The Hall–Kier alpha value is -1.47. The molecule has 3 rings (SSSR count). The highest BCUT2D eigenvalue weighted by Crippen LogP contribution is 2.34. The predicted molar refractivity (Wildman–Crippen MR) is 86.3 cm³/mol. The zero-order valence-corrected chi connectivity index (χ0v) is 13.2. The molecule has 1 amide bonds. The number of hydrogen-bond acceptors (Lipinski definition) is 4. The van der Waals surface area contributed by atoms with E-state index in [2.05, 4.69) is 4.98 Å². The van der Waals surface area contributed by atoms with E-state index >= 15 is 0 Å². The monoisotopic (exact) mass is 323 g/mol. The molecule has 0 aliphatic heterocycles. The largest absolute Gasteiger partial charge is 0.370 e. The van der Waals surface area contributed by atoms with Crippen molar-refractivity contribution >= 4 is 39.7 Å². The van der Waals surface area contributed by atoms with Crippen LogP contribution in [0.15, 0.2) is 4.79 Å². The first-order valence-electron chi connectivity index (χ1n) is 7.13. The van der Waals surface area contributed by atoms with Gasteiger partial charge >= 0.3 is 0 Å². The van der Waals surface area contributed by atoms with Crippen molar-refractivity contribution in [2.45, 2.75) is 45.1 Å². The molecule has 0 bridgehead atoms. The maximum atomic E-state index is 12.7. The highest BCUT2D eigenvalue weighted by molar-refractivity contribution is 7.71. The van der Waals surface area contributed by atoms with Crippen molar-refractivity contribution in [1.29, 1.82) is 0 Å². The third-order valence-corrected chi connectivity index (χ3v) is 5.43. The average Bonchev–Trinajstić information content (AvgIpc) is 2.96. The molecule has 1 aliphatic rings. The van der Waals surface area contributed by atoms with Crippen LogP contribution in [-0.2, 0) is 24.2 Å². The van der Waals surface area contributed by atoms with Gasteiger partial charge in [0.1, 0.15) is 4.83 Å². The molecule has 2 heterocycles. The minimum atomic E-state index is -0.307. The van der Waals surface area contributed by atoms with Crippen LogP contribution in [0.4, 0.5) is 0 Å². The smallest absolute Gasteiger partial charge is 0.263 e. The third-order valence-electron chi connectivity index (χ3n) is 3.90. The average molecular weight is 323 g/mol. The molecule has 21 heavy (non-hydrogen) atoms. The fourth-order valence-electron chi connectivity index (χ4n) is 2.88. The Morgan fingerprint density at radius 1 is 1.38 bits per heavy atom. The van der Waals surface area contributed by atoms with Crippen molar-refractivity contribution in [2.75, 3.05) is 0 Å². The molecule has 2 aromatic rings. The molecule has 0 atom stereocenters. The van der Waals surface area contributed by atoms with E-state index in [1.54, 1.807) is 15.9 Å². The Morgan fingerprint density at radius 2 is 2.19 bits per heavy atom. The van der Waals surface area contributed by atoms with Crippen LogP contribution < -0.4 is 11.3 Å². The summed E-state index contributed by atoms with van der Waals surface area (Å²) in [5.74, 6) is -0.307. The van der Waals surface area contributed by atoms with Gasteiger partial charge in [0.15, 0.2) is 4.77 Å². The summed E-state index contributed by atoms with van der Waals surface area (Å²) in [6, 6.07) is 0. The zero-order chi connectivity index (χ0) is 15.0. The number of aromatic nitrogens is 2. The number of unbranched alkanes of at least 4 members (excludes halogenated alkanes) is 1. The summed E-state index contributed by atoms with van der Waals surface area (Å²) in [7, 11) is 0. The van der Waals surface area contributed by atoms with Crippen LogP contribution in [-0.4, -0.2) is 15.5 Å². The van der Waals surface area contributed by atoms with E-state index < -0.39 is 0 Å². The lowest BCUT2D eigenvalue weighted by Gasteiger charge is -2.06. The second kappa shape index (κ2) is 5.73. The van der Waals surface area contributed by atoms with Crippen LogP contribution in [0.25, 0.3) is 10.2 Å². The van der Waals surface area contributed by atoms with Crippen molar-refractivity contribution in [2.24, 2.45) is 5.73 Å². The number of nitrogens with one attached hydrogen (secondary N) is 1. The van der Waals surface area contributed by atoms with E-state index in [1.165, 1.54) is 10.4 Å². The van der Waals surface area contributed by atoms with E-state index in [0.717, 1.165) is 35.9 Å². The fourth-order valence-corrected chi connectivity index (χ4v) is 4.50. The maximum absolute atomic E-state index is 12.7. The van der Waals surface area contributed by atoms with E-state index in [1.807, 2.05) is 0 Å². The first-order valence-corrected chi connectivity index (χ1v) is 8.36. The Bertz CT molecular complexity index is 816. The van der Waals surface area contributed by atoms with Crippen LogP contribution in [0.3, 0.4) is 0 Å². The Balaban J connectivity index is 1.94. The number of hydrogen-bond donors (Lipinski definition) is 2. The van der Waals surface area contributed by atoms with Gasteiger partial charge in [-0.2, -0.15) is 0 Å². The molecule has 0 saturated carbocycles. The summed E-state index contributed by atoms with van der Waals surface area (Å²) in [5, 5.41) is 0.816. The van der Waals surface area contributed by atoms with Gasteiger partial charge in [-0.25, -0.2) is 0 Å². The number of rotatable bonds is 5. The first kappa shape index (κ1) is 14.5. The number of aromatic amines is 1. The van der Waals surface area contributed by atoms with Gasteiger partial charge in [0.2, 0.25) is 5.91 Å².